The van der Waals surface area contributed by atoms with Gasteiger partial charge in [-0.3, -0.25) is 19.5 Å². The predicted molar refractivity (Wildman–Crippen MR) is 128 cm³/mol. The smallest absolute Gasteiger partial charge is 0.270 e. The first kappa shape index (κ1) is 24.6. The van der Waals surface area contributed by atoms with E-state index in [2.05, 4.69) is 27.1 Å². The maximum absolute atomic E-state index is 13.1. The van der Waals surface area contributed by atoms with E-state index in [4.69, 9.17) is 9.47 Å². The zero-order chi connectivity index (χ0) is 25.9. The predicted octanol–water partition coefficient (Wildman–Crippen LogP) is 2.68. The van der Waals surface area contributed by atoms with Gasteiger partial charge >= 0.3 is 0 Å². The van der Waals surface area contributed by atoms with Crippen LogP contribution in [-0.4, -0.2) is 52.2 Å². The summed E-state index contributed by atoms with van der Waals surface area (Å²) in [5.74, 6) is 5.29. The molecular formula is C26H23FN4O5. The zero-order valence-electron chi connectivity index (χ0n) is 19.8. The van der Waals surface area contributed by atoms with Gasteiger partial charge in [-0.15, -0.1) is 0 Å². The van der Waals surface area contributed by atoms with Crippen LogP contribution in [0.5, 0.6) is 17.2 Å². The number of likely N-dealkylation sites (N-methyl/N-ethyl adjacent to an activating group) is 1. The quantitative estimate of drug-likeness (QED) is 0.541. The third-order valence-electron chi connectivity index (χ3n) is 5.01. The number of nitrogens with zero attached hydrogens (tertiary/aromatic N) is 3. The highest BCUT2D eigenvalue weighted by molar-refractivity contribution is 6.02. The van der Waals surface area contributed by atoms with E-state index in [1.165, 1.54) is 48.5 Å². The van der Waals surface area contributed by atoms with Crippen molar-refractivity contribution in [1.82, 2.24) is 15.3 Å². The summed E-state index contributed by atoms with van der Waals surface area (Å²) >= 11 is 0. The molecule has 0 aliphatic carbocycles. The largest absolute Gasteiger partial charge is 0.487 e. The van der Waals surface area contributed by atoms with Gasteiger partial charge in [0.05, 0.1) is 0 Å². The Hall–Kier alpha value is -4.49. The number of benzene rings is 1. The number of nitrogens with one attached hydrogen (secondary N) is 1. The van der Waals surface area contributed by atoms with Crippen molar-refractivity contribution in [3.8, 4) is 29.1 Å². The van der Waals surface area contributed by atoms with Crippen molar-refractivity contribution in [2.75, 3.05) is 18.6 Å². The third-order valence-corrected chi connectivity index (χ3v) is 5.01. The van der Waals surface area contributed by atoms with Crippen molar-refractivity contribution in [1.29, 1.82) is 0 Å². The van der Waals surface area contributed by atoms with E-state index < -0.39 is 29.3 Å². The van der Waals surface area contributed by atoms with Gasteiger partial charge < -0.3 is 19.9 Å². The molecule has 4 rings (SSSR count). The number of anilines is 1. The Morgan fingerprint density at radius 3 is 2.69 bits per heavy atom. The van der Waals surface area contributed by atoms with Crippen LogP contribution < -0.4 is 19.7 Å². The summed E-state index contributed by atoms with van der Waals surface area (Å²) in [5, 5.41) is 12.4. The van der Waals surface area contributed by atoms with Gasteiger partial charge in [-0.1, -0.05) is 5.92 Å². The molecule has 0 bridgehead atoms. The fourth-order valence-corrected chi connectivity index (χ4v) is 3.23. The standard InChI is InChI=1S/C26H23FN4O5/c1-26(2,34)12-10-17-6-9-22-23(29-17)31(3)25(33)21(15-35-22)30-24(32)20-14-19(11-13-28-20)36-18-7-4-16(27)5-8-18/h4-9,11,13-14,21,34H,15H2,1-3H3,(H,30,32)/t21-/m0/s1. The van der Waals surface area contributed by atoms with Gasteiger partial charge in [0.1, 0.15) is 47.0 Å². The lowest BCUT2D eigenvalue weighted by Gasteiger charge is -2.19. The van der Waals surface area contributed by atoms with Crippen LogP contribution in [0.3, 0.4) is 0 Å². The topological polar surface area (TPSA) is 114 Å². The summed E-state index contributed by atoms with van der Waals surface area (Å²) < 4.78 is 24.5. The minimum Gasteiger partial charge on any atom is -0.487 e. The molecule has 1 aliphatic rings. The number of aromatic nitrogens is 2. The second kappa shape index (κ2) is 10.0. The van der Waals surface area contributed by atoms with Gasteiger partial charge in [0.2, 0.25) is 0 Å². The molecule has 10 heteroatoms. The molecule has 0 unspecified atom stereocenters. The number of rotatable bonds is 4. The summed E-state index contributed by atoms with van der Waals surface area (Å²) in [6.07, 6.45) is 1.39. The highest BCUT2D eigenvalue weighted by Crippen LogP contribution is 2.29. The minimum absolute atomic E-state index is 0.0223. The van der Waals surface area contributed by atoms with Gasteiger partial charge in [0.25, 0.3) is 11.8 Å². The Morgan fingerprint density at radius 1 is 1.22 bits per heavy atom. The van der Waals surface area contributed by atoms with Crippen molar-refractivity contribution in [2.24, 2.45) is 0 Å². The molecule has 1 atom stereocenters. The number of aliphatic hydroxyl groups is 1. The Morgan fingerprint density at radius 2 is 1.97 bits per heavy atom. The molecule has 0 saturated heterocycles. The molecule has 3 heterocycles. The molecule has 1 aliphatic heterocycles. The molecule has 184 valence electrons. The molecule has 1 aromatic carbocycles. The Kier molecular flexibility index (Phi) is 6.85. The second-order valence-electron chi connectivity index (χ2n) is 8.49. The Bertz CT molecular complexity index is 1360. The number of fused-ring (bicyclic) bond motifs is 1. The summed E-state index contributed by atoms with van der Waals surface area (Å²) in [7, 11) is 1.52. The lowest BCUT2D eigenvalue weighted by atomic mass is 10.1. The van der Waals surface area contributed by atoms with Crippen molar-refractivity contribution in [3.05, 3.63) is 71.9 Å². The molecule has 0 radical (unpaired) electrons. The summed E-state index contributed by atoms with van der Waals surface area (Å²) in [4.78, 5) is 35.7. The maximum atomic E-state index is 13.1. The van der Waals surface area contributed by atoms with Crippen LogP contribution in [0.15, 0.2) is 54.7 Å². The van der Waals surface area contributed by atoms with Crippen molar-refractivity contribution >= 4 is 17.6 Å². The lowest BCUT2D eigenvalue weighted by Crippen LogP contribution is -2.49. The first-order valence-corrected chi connectivity index (χ1v) is 11.0. The second-order valence-corrected chi connectivity index (χ2v) is 8.49. The van der Waals surface area contributed by atoms with Crippen LogP contribution in [0.2, 0.25) is 0 Å². The average Bonchev–Trinajstić information content (AvgIpc) is 2.96. The van der Waals surface area contributed by atoms with E-state index in [-0.39, 0.29) is 18.1 Å². The average molecular weight is 490 g/mol. The lowest BCUT2D eigenvalue weighted by molar-refractivity contribution is -0.120. The molecule has 2 aromatic heterocycles. The fraction of sp³-hybridized carbons (Fsp3) is 0.231. The molecule has 0 fully saturated rings. The van der Waals surface area contributed by atoms with E-state index in [1.807, 2.05) is 0 Å². The van der Waals surface area contributed by atoms with E-state index in [1.54, 1.807) is 32.0 Å². The van der Waals surface area contributed by atoms with Gasteiger partial charge in [-0.05, 0) is 62.2 Å². The Balaban J connectivity index is 1.48. The molecule has 0 spiro atoms. The highest BCUT2D eigenvalue weighted by Gasteiger charge is 2.32. The number of carbonyl (C=O) groups is 2. The van der Waals surface area contributed by atoms with Crippen LogP contribution in [0, 0.1) is 17.7 Å². The minimum atomic E-state index is -1.20. The van der Waals surface area contributed by atoms with Gasteiger partial charge in [0.15, 0.2) is 11.6 Å². The first-order valence-electron chi connectivity index (χ1n) is 11.0. The van der Waals surface area contributed by atoms with Crippen molar-refractivity contribution < 1.29 is 28.6 Å². The summed E-state index contributed by atoms with van der Waals surface area (Å²) in [6, 6.07) is 10.6. The molecule has 36 heavy (non-hydrogen) atoms. The molecule has 2 N–H and O–H groups in total. The van der Waals surface area contributed by atoms with Gasteiger partial charge in [-0.25, -0.2) is 9.37 Å². The number of hydrogen-bond acceptors (Lipinski definition) is 7. The van der Waals surface area contributed by atoms with Gasteiger partial charge in [-0.2, -0.15) is 0 Å². The normalized spacial score (nSPS) is 15.1. The highest BCUT2D eigenvalue weighted by atomic mass is 19.1. The van der Waals surface area contributed by atoms with Crippen LogP contribution >= 0.6 is 0 Å². The van der Waals surface area contributed by atoms with Crippen molar-refractivity contribution in [3.63, 3.8) is 0 Å². The fourth-order valence-electron chi connectivity index (χ4n) is 3.23. The number of carbonyl (C=O) groups excluding carboxylic acids is 2. The number of halogens is 1. The van der Waals surface area contributed by atoms with E-state index in [0.717, 1.165) is 0 Å². The maximum Gasteiger partial charge on any atom is 0.270 e. The Labute approximate surface area is 206 Å². The van der Waals surface area contributed by atoms with Crippen LogP contribution in [0.4, 0.5) is 10.2 Å². The third kappa shape index (κ3) is 5.95. The van der Waals surface area contributed by atoms with Crippen LogP contribution in [0.1, 0.15) is 30.0 Å². The summed E-state index contributed by atoms with van der Waals surface area (Å²) in [6.45, 7) is 2.98. The van der Waals surface area contributed by atoms with Gasteiger partial charge in [0, 0.05) is 19.3 Å². The number of amides is 2. The van der Waals surface area contributed by atoms with Crippen LogP contribution in [-0.2, 0) is 4.79 Å². The summed E-state index contributed by atoms with van der Waals surface area (Å²) in [5.41, 5.74) is -0.824. The van der Waals surface area contributed by atoms with Crippen LogP contribution in [0.25, 0.3) is 0 Å². The van der Waals surface area contributed by atoms with E-state index in [0.29, 0.717) is 22.9 Å². The van der Waals surface area contributed by atoms with Crippen molar-refractivity contribution in [2.45, 2.75) is 25.5 Å². The molecule has 2 amide bonds. The van der Waals surface area contributed by atoms with E-state index in [9.17, 15) is 19.1 Å². The number of ether oxygens (including phenoxy) is 2. The van der Waals surface area contributed by atoms with E-state index >= 15 is 0 Å². The monoisotopic (exact) mass is 490 g/mol. The molecule has 0 saturated carbocycles. The number of pyridine rings is 2. The molecule has 9 nitrogen and oxygen atoms in total. The molecular weight excluding hydrogens is 467 g/mol. The first-order chi connectivity index (χ1) is 17.1. The molecule has 3 aromatic rings. The number of hydrogen-bond donors (Lipinski definition) is 2. The zero-order valence-corrected chi connectivity index (χ0v) is 19.8. The SMILES string of the molecule is CN1C(=O)[C@@H](NC(=O)c2cc(Oc3ccc(F)cc3)ccn2)COc2ccc(C#CC(C)(C)O)nc21.